The van der Waals surface area contributed by atoms with E-state index in [1.807, 2.05) is 16.7 Å². The van der Waals surface area contributed by atoms with Crippen molar-refractivity contribution in [2.24, 2.45) is 0 Å². The van der Waals surface area contributed by atoms with Crippen molar-refractivity contribution in [3.8, 4) is 0 Å². The van der Waals surface area contributed by atoms with Crippen molar-refractivity contribution in [3.63, 3.8) is 0 Å². The number of amides is 1. The van der Waals surface area contributed by atoms with Crippen LogP contribution < -0.4 is 0 Å². The topological polar surface area (TPSA) is 71.8 Å². The number of β-amino-alcohol motifs (C(OH)–C–C–N with tert-alkyl or cyclic N) is 1. The normalized spacial score (nSPS) is 13.6. The summed E-state index contributed by atoms with van der Waals surface area (Å²) in [7, 11) is 1.34. The SMILES string of the molecule is COC(=O)c1ccc(Cn2c3c(c4cc(F)ccc42)C(=O)N(CCO)CC3)cc1. The van der Waals surface area contributed by atoms with Gasteiger partial charge in [-0.25, -0.2) is 9.18 Å². The van der Waals surface area contributed by atoms with E-state index in [0.29, 0.717) is 36.0 Å². The molecule has 0 spiro atoms. The molecule has 2 aromatic carbocycles. The Kier molecular flexibility index (Phi) is 5.07. The van der Waals surface area contributed by atoms with Gasteiger partial charge in [0.25, 0.3) is 5.91 Å². The van der Waals surface area contributed by atoms with E-state index in [1.54, 1.807) is 23.1 Å². The first kappa shape index (κ1) is 19.1. The molecule has 4 rings (SSSR count). The fourth-order valence-electron chi connectivity index (χ4n) is 3.94. The summed E-state index contributed by atoms with van der Waals surface area (Å²) in [5.74, 6) is -0.979. The van der Waals surface area contributed by atoms with Crippen molar-refractivity contribution in [2.45, 2.75) is 13.0 Å². The van der Waals surface area contributed by atoms with Crippen LogP contribution >= 0.6 is 0 Å². The van der Waals surface area contributed by atoms with Crippen LogP contribution in [0.25, 0.3) is 10.9 Å². The van der Waals surface area contributed by atoms with Gasteiger partial charge in [0.1, 0.15) is 5.82 Å². The molecule has 0 atom stereocenters. The van der Waals surface area contributed by atoms with Crippen LogP contribution in [0.1, 0.15) is 32.0 Å². The first-order chi connectivity index (χ1) is 14.0. The smallest absolute Gasteiger partial charge is 0.337 e. The lowest BCUT2D eigenvalue weighted by molar-refractivity contribution is 0.0600. The zero-order chi connectivity index (χ0) is 20.5. The molecule has 1 aromatic heterocycles. The molecular formula is C22H21FN2O4. The molecule has 1 amide bonds. The summed E-state index contributed by atoms with van der Waals surface area (Å²) >= 11 is 0. The van der Waals surface area contributed by atoms with Gasteiger partial charge in [-0.2, -0.15) is 0 Å². The summed E-state index contributed by atoms with van der Waals surface area (Å²) in [6.07, 6.45) is 0.623. The van der Waals surface area contributed by atoms with Gasteiger partial charge in [0.2, 0.25) is 0 Å². The van der Waals surface area contributed by atoms with Crippen LogP contribution in [0.3, 0.4) is 0 Å². The zero-order valence-corrected chi connectivity index (χ0v) is 16.0. The maximum atomic E-state index is 14.0. The molecule has 0 unspecified atom stereocenters. The van der Waals surface area contributed by atoms with Gasteiger partial charge in [0, 0.05) is 42.7 Å². The fraction of sp³-hybridized carbons (Fsp3) is 0.273. The molecule has 1 aliphatic rings. The molecule has 6 nitrogen and oxygen atoms in total. The van der Waals surface area contributed by atoms with Gasteiger partial charge in [-0.05, 0) is 35.9 Å². The number of hydrogen-bond donors (Lipinski definition) is 1. The Morgan fingerprint density at radius 1 is 1.21 bits per heavy atom. The van der Waals surface area contributed by atoms with E-state index in [-0.39, 0.29) is 19.1 Å². The van der Waals surface area contributed by atoms with Crippen molar-refractivity contribution < 1.29 is 23.8 Å². The first-order valence-electron chi connectivity index (χ1n) is 9.41. The van der Waals surface area contributed by atoms with Gasteiger partial charge in [-0.1, -0.05) is 12.1 Å². The Bertz CT molecular complexity index is 1090. The highest BCUT2D eigenvalue weighted by Crippen LogP contribution is 2.32. The molecule has 1 N–H and O–H groups in total. The molecule has 0 fully saturated rings. The summed E-state index contributed by atoms with van der Waals surface area (Å²) in [4.78, 5) is 26.2. The average Bonchev–Trinajstić information content (AvgIpc) is 3.03. The summed E-state index contributed by atoms with van der Waals surface area (Å²) in [5.41, 5.74) is 3.57. The van der Waals surface area contributed by atoms with Crippen molar-refractivity contribution in [3.05, 3.63) is 70.7 Å². The Morgan fingerprint density at radius 2 is 1.97 bits per heavy atom. The molecule has 3 aromatic rings. The van der Waals surface area contributed by atoms with Crippen LogP contribution in [0.4, 0.5) is 4.39 Å². The molecule has 0 aliphatic carbocycles. The largest absolute Gasteiger partial charge is 0.465 e. The molecular weight excluding hydrogens is 375 g/mol. The van der Waals surface area contributed by atoms with E-state index in [9.17, 15) is 19.1 Å². The lowest BCUT2D eigenvalue weighted by atomic mass is 10.0. The summed E-state index contributed by atoms with van der Waals surface area (Å²) in [6.45, 7) is 1.15. The van der Waals surface area contributed by atoms with Gasteiger partial charge in [0.05, 0.1) is 24.8 Å². The lowest BCUT2D eigenvalue weighted by Crippen LogP contribution is -2.39. The van der Waals surface area contributed by atoms with Crippen molar-refractivity contribution in [1.82, 2.24) is 9.47 Å². The average molecular weight is 396 g/mol. The second-order valence-electron chi connectivity index (χ2n) is 7.02. The first-order valence-corrected chi connectivity index (χ1v) is 9.41. The third-order valence-electron chi connectivity index (χ3n) is 5.34. The van der Waals surface area contributed by atoms with Gasteiger partial charge in [-0.3, -0.25) is 4.79 Å². The third-order valence-corrected chi connectivity index (χ3v) is 5.34. The number of hydrogen-bond acceptors (Lipinski definition) is 4. The quantitative estimate of drug-likeness (QED) is 0.673. The van der Waals surface area contributed by atoms with Gasteiger partial charge in [0.15, 0.2) is 0 Å². The van der Waals surface area contributed by atoms with Crippen LogP contribution in [-0.2, 0) is 17.7 Å². The minimum atomic E-state index is -0.398. The molecule has 2 heterocycles. The number of aliphatic hydroxyl groups excluding tert-OH is 1. The number of carbonyl (C=O) groups is 2. The number of rotatable bonds is 5. The van der Waals surface area contributed by atoms with Crippen LogP contribution in [0.2, 0.25) is 0 Å². The van der Waals surface area contributed by atoms with E-state index in [2.05, 4.69) is 0 Å². The van der Waals surface area contributed by atoms with E-state index in [4.69, 9.17) is 4.74 Å². The number of ether oxygens (including phenoxy) is 1. The number of esters is 1. The minimum absolute atomic E-state index is 0.110. The Balaban J connectivity index is 1.77. The number of fused-ring (bicyclic) bond motifs is 3. The summed E-state index contributed by atoms with van der Waals surface area (Å²) < 4.78 is 20.7. The fourth-order valence-corrected chi connectivity index (χ4v) is 3.94. The molecule has 1 aliphatic heterocycles. The predicted molar refractivity (Wildman–Crippen MR) is 105 cm³/mol. The van der Waals surface area contributed by atoms with Crippen molar-refractivity contribution >= 4 is 22.8 Å². The van der Waals surface area contributed by atoms with Gasteiger partial charge >= 0.3 is 5.97 Å². The number of methoxy groups -OCH3 is 1. The molecule has 0 bridgehead atoms. The number of nitrogens with zero attached hydrogens (tertiary/aromatic N) is 2. The maximum Gasteiger partial charge on any atom is 0.337 e. The Morgan fingerprint density at radius 3 is 2.66 bits per heavy atom. The van der Waals surface area contributed by atoms with E-state index < -0.39 is 11.8 Å². The highest BCUT2D eigenvalue weighted by atomic mass is 19.1. The number of carbonyl (C=O) groups excluding carboxylic acids is 2. The minimum Gasteiger partial charge on any atom is -0.465 e. The molecule has 0 radical (unpaired) electrons. The van der Waals surface area contributed by atoms with Gasteiger partial charge < -0.3 is 19.3 Å². The second-order valence-corrected chi connectivity index (χ2v) is 7.02. The maximum absolute atomic E-state index is 14.0. The number of halogens is 1. The highest BCUT2D eigenvalue weighted by molar-refractivity contribution is 6.09. The second kappa shape index (κ2) is 7.67. The zero-order valence-electron chi connectivity index (χ0n) is 16.0. The number of aliphatic hydroxyl groups is 1. The van der Waals surface area contributed by atoms with Crippen LogP contribution in [0, 0.1) is 5.82 Å². The monoisotopic (exact) mass is 396 g/mol. The Hall–Kier alpha value is -3.19. The van der Waals surface area contributed by atoms with E-state index >= 15 is 0 Å². The molecule has 0 saturated heterocycles. The lowest BCUT2D eigenvalue weighted by Gasteiger charge is -2.27. The van der Waals surface area contributed by atoms with Crippen LogP contribution in [-0.4, -0.2) is 53.3 Å². The Labute approximate surface area is 167 Å². The highest BCUT2D eigenvalue weighted by Gasteiger charge is 2.30. The van der Waals surface area contributed by atoms with E-state index in [1.165, 1.54) is 19.2 Å². The number of aromatic nitrogens is 1. The van der Waals surface area contributed by atoms with Gasteiger partial charge in [-0.15, -0.1) is 0 Å². The number of benzene rings is 2. The molecule has 150 valence electrons. The van der Waals surface area contributed by atoms with Crippen LogP contribution in [0.15, 0.2) is 42.5 Å². The van der Waals surface area contributed by atoms with Crippen molar-refractivity contribution in [1.29, 1.82) is 0 Å². The third kappa shape index (κ3) is 3.38. The van der Waals surface area contributed by atoms with E-state index in [0.717, 1.165) is 16.8 Å². The van der Waals surface area contributed by atoms with Crippen LogP contribution in [0.5, 0.6) is 0 Å². The molecule has 0 saturated carbocycles. The predicted octanol–water partition coefficient (Wildman–Crippen LogP) is 2.61. The molecule has 29 heavy (non-hydrogen) atoms. The van der Waals surface area contributed by atoms with Crippen molar-refractivity contribution in [2.75, 3.05) is 26.8 Å². The standard InChI is InChI=1S/C22H21FN2O4/c1-29-22(28)15-4-2-14(3-5-15)13-25-18-7-6-16(23)12-17(18)20-19(25)8-9-24(10-11-26)21(20)27/h2-7,12,26H,8-11,13H2,1H3. The molecule has 7 heteroatoms. The summed E-state index contributed by atoms with van der Waals surface area (Å²) in [5, 5.41) is 9.81. The summed E-state index contributed by atoms with van der Waals surface area (Å²) in [6, 6.07) is 11.6.